The molecule has 54 valence electrons. The molecule has 1 rings (SSSR count). The number of carbonyl (C=O) groups is 1. The molecule has 0 radical (unpaired) electrons. The van der Waals surface area contributed by atoms with Crippen molar-refractivity contribution in [3.05, 3.63) is 23.3 Å². The van der Waals surface area contributed by atoms with Gasteiger partial charge in [-0.3, -0.25) is 0 Å². The van der Waals surface area contributed by atoms with Crippen LogP contribution in [-0.2, 0) is 4.79 Å². The minimum absolute atomic E-state index is 0.519. The Morgan fingerprint density at radius 1 is 1.50 bits per heavy atom. The van der Waals surface area contributed by atoms with Gasteiger partial charge in [0, 0.05) is 5.57 Å². The summed E-state index contributed by atoms with van der Waals surface area (Å²) in [5.41, 5.74) is 1.77. The highest BCUT2D eigenvalue weighted by molar-refractivity contribution is 5.87. The average Bonchev–Trinajstić information content (AvgIpc) is 1.88. The number of allylic oxidation sites excluding steroid dienone is 3. The van der Waals surface area contributed by atoms with E-state index in [-0.39, 0.29) is 0 Å². The van der Waals surface area contributed by atoms with E-state index >= 15 is 0 Å². The summed E-state index contributed by atoms with van der Waals surface area (Å²) in [5, 5.41) is 8.53. The van der Waals surface area contributed by atoms with Crippen LogP contribution in [0.3, 0.4) is 0 Å². The smallest absolute Gasteiger partial charge is 0.331 e. The fourth-order valence-corrected chi connectivity index (χ4v) is 0.910. The highest BCUT2D eigenvalue weighted by Gasteiger charge is 2.07. The second-order valence-electron chi connectivity index (χ2n) is 2.49. The van der Waals surface area contributed by atoms with Crippen LogP contribution in [-0.4, -0.2) is 11.1 Å². The van der Waals surface area contributed by atoms with Gasteiger partial charge in [-0.1, -0.05) is 17.7 Å². The molecule has 0 saturated heterocycles. The number of hydrogen-bond acceptors (Lipinski definition) is 1. The van der Waals surface area contributed by atoms with Crippen LogP contribution in [0.25, 0.3) is 0 Å². The number of carboxylic acid groups (broad SMARTS) is 1. The molecule has 0 spiro atoms. The van der Waals surface area contributed by atoms with Gasteiger partial charge in [-0.05, 0) is 19.8 Å². The van der Waals surface area contributed by atoms with Crippen LogP contribution in [0.2, 0.25) is 0 Å². The first-order valence-electron chi connectivity index (χ1n) is 3.28. The van der Waals surface area contributed by atoms with Crippen molar-refractivity contribution in [1.29, 1.82) is 0 Å². The Morgan fingerprint density at radius 3 is 2.60 bits per heavy atom. The minimum atomic E-state index is -0.788. The lowest BCUT2D eigenvalue weighted by atomic mass is 10.0. The lowest BCUT2D eigenvalue weighted by Gasteiger charge is -2.05. The summed E-state index contributed by atoms with van der Waals surface area (Å²) in [6.45, 7) is 2.01. The monoisotopic (exact) mass is 138 g/mol. The Hall–Kier alpha value is -1.05. The van der Waals surface area contributed by atoms with Crippen molar-refractivity contribution in [3.63, 3.8) is 0 Å². The van der Waals surface area contributed by atoms with Crippen molar-refractivity contribution < 1.29 is 9.90 Å². The molecule has 0 aromatic heterocycles. The van der Waals surface area contributed by atoms with Crippen molar-refractivity contribution in [2.24, 2.45) is 0 Å². The largest absolute Gasteiger partial charge is 0.478 e. The topological polar surface area (TPSA) is 37.3 Å². The molecule has 1 N–H and O–H groups in total. The first-order chi connectivity index (χ1) is 4.70. The maximum Gasteiger partial charge on any atom is 0.331 e. The summed E-state index contributed by atoms with van der Waals surface area (Å²) in [5.74, 6) is -0.788. The summed E-state index contributed by atoms with van der Waals surface area (Å²) in [7, 11) is 0. The molecule has 1 aliphatic rings. The van der Waals surface area contributed by atoms with E-state index in [1.54, 1.807) is 6.08 Å². The summed E-state index contributed by atoms with van der Waals surface area (Å²) in [6.07, 6.45) is 5.11. The van der Waals surface area contributed by atoms with Gasteiger partial charge in [0.2, 0.25) is 0 Å². The zero-order valence-electron chi connectivity index (χ0n) is 5.92. The lowest BCUT2D eigenvalue weighted by molar-refractivity contribution is -0.132. The molecule has 0 fully saturated rings. The molecule has 0 bridgehead atoms. The Labute approximate surface area is 59.9 Å². The van der Waals surface area contributed by atoms with E-state index in [2.05, 4.69) is 0 Å². The van der Waals surface area contributed by atoms with E-state index in [1.165, 1.54) is 5.57 Å². The van der Waals surface area contributed by atoms with E-state index in [9.17, 15) is 4.79 Å². The van der Waals surface area contributed by atoms with Crippen molar-refractivity contribution in [2.75, 3.05) is 0 Å². The highest BCUT2D eigenvalue weighted by atomic mass is 16.4. The molecule has 1 aliphatic carbocycles. The predicted octanol–water partition coefficient (Wildman–Crippen LogP) is 1.74. The van der Waals surface area contributed by atoms with Gasteiger partial charge >= 0.3 is 5.97 Å². The third-order valence-corrected chi connectivity index (χ3v) is 1.62. The normalized spacial score (nSPS) is 17.7. The molecular formula is C8H10O2. The molecule has 0 saturated carbocycles. The fraction of sp³-hybridized carbons (Fsp3) is 0.375. The van der Waals surface area contributed by atoms with Gasteiger partial charge < -0.3 is 5.11 Å². The molecule has 0 aromatic rings. The van der Waals surface area contributed by atoms with Crippen LogP contribution in [0, 0.1) is 0 Å². The second-order valence-corrected chi connectivity index (χ2v) is 2.49. The fourth-order valence-electron chi connectivity index (χ4n) is 0.910. The van der Waals surface area contributed by atoms with Gasteiger partial charge in [0.05, 0.1) is 0 Å². The molecule has 0 aromatic carbocycles. The number of carboxylic acids is 1. The Balaban J connectivity index is 2.62. The van der Waals surface area contributed by atoms with Crippen LogP contribution in [0.5, 0.6) is 0 Å². The van der Waals surface area contributed by atoms with Gasteiger partial charge in [-0.15, -0.1) is 0 Å². The molecule has 0 unspecified atom stereocenters. The highest BCUT2D eigenvalue weighted by Crippen LogP contribution is 2.16. The summed E-state index contributed by atoms with van der Waals surface area (Å²) in [4.78, 5) is 10.4. The SMILES string of the molecule is CC1=CCC(C(=O)O)=CC1. The third-order valence-electron chi connectivity index (χ3n) is 1.62. The number of rotatable bonds is 1. The first-order valence-corrected chi connectivity index (χ1v) is 3.28. The van der Waals surface area contributed by atoms with Crippen LogP contribution in [0.1, 0.15) is 19.8 Å². The quantitative estimate of drug-likeness (QED) is 0.560. The summed E-state index contributed by atoms with van der Waals surface area (Å²) < 4.78 is 0. The van der Waals surface area contributed by atoms with E-state index < -0.39 is 5.97 Å². The van der Waals surface area contributed by atoms with E-state index in [0.717, 1.165) is 6.42 Å². The van der Waals surface area contributed by atoms with E-state index in [1.807, 2.05) is 13.0 Å². The molecular weight excluding hydrogens is 128 g/mol. The standard InChI is InChI=1S/C8H10O2/c1-6-2-4-7(5-3-6)8(9)10/h2,5H,3-4H2,1H3,(H,9,10). The first kappa shape index (κ1) is 7.06. The maximum atomic E-state index is 10.4. The molecule has 2 nitrogen and oxygen atoms in total. The molecule has 0 amide bonds. The Bertz CT molecular complexity index is 211. The van der Waals surface area contributed by atoms with Gasteiger partial charge in [-0.2, -0.15) is 0 Å². The van der Waals surface area contributed by atoms with Crippen molar-refractivity contribution in [2.45, 2.75) is 19.8 Å². The third kappa shape index (κ3) is 1.47. The van der Waals surface area contributed by atoms with Crippen LogP contribution in [0.4, 0.5) is 0 Å². The summed E-state index contributed by atoms with van der Waals surface area (Å²) >= 11 is 0. The van der Waals surface area contributed by atoms with Gasteiger partial charge in [-0.25, -0.2) is 4.79 Å². The van der Waals surface area contributed by atoms with E-state index in [4.69, 9.17) is 5.11 Å². The van der Waals surface area contributed by atoms with Crippen LogP contribution >= 0.6 is 0 Å². The summed E-state index contributed by atoms with van der Waals surface area (Å²) in [6, 6.07) is 0. The Kier molecular flexibility index (Phi) is 1.90. The van der Waals surface area contributed by atoms with Crippen LogP contribution in [0.15, 0.2) is 23.3 Å². The number of hydrogen-bond donors (Lipinski definition) is 1. The molecule has 0 heterocycles. The van der Waals surface area contributed by atoms with Gasteiger partial charge in [0.1, 0.15) is 0 Å². The second kappa shape index (κ2) is 2.69. The molecule has 2 heteroatoms. The lowest BCUT2D eigenvalue weighted by Crippen LogP contribution is -2.02. The predicted molar refractivity (Wildman–Crippen MR) is 38.7 cm³/mol. The molecule has 0 aliphatic heterocycles. The van der Waals surface area contributed by atoms with Crippen LogP contribution < -0.4 is 0 Å². The van der Waals surface area contributed by atoms with Gasteiger partial charge in [0.15, 0.2) is 0 Å². The molecule has 10 heavy (non-hydrogen) atoms. The van der Waals surface area contributed by atoms with E-state index in [0.29, 0.717) is 12.0 Å². The zero-order valence-corrected chi connectivity index (χ0v) is 5.92. The Morgan fingerprint density at radius 2 is 2.20 bits per heavy atom. The minimum Gasteiger partial charge on any atom is -0.478 e. The number of aliphatic carboxylic acids is 1. The van der Waals surface area contributed by atoms with Crippen molar-refractivity contribution in [3.8, 4) is 0 Å². The zero-order chi connectivity index (χ0) is 7.56. The average molecular weight is 138 g/mol. The van der Waals surface area contributed by atoms with Crippen molar-refractivity contribution >= 4 is 5.97 Å². The van der Waals surface area contributed by atoms with Gasteiger partial charge in [0.25, 0.3) is 0 Å². The maximum absolute atomic E-state index is 10.4. The van der Waals surface area contributed by atoms with Crippen molar-refractivity contribution in [1.82, 2.24) is 0 Å². The molecule has 0 atom stereocenters.